The number of anilines is 1. The lowest BCUT2D eigenvalue weighted by Crippen LogP contribution is -2.32. The third-order valence-corrected chi connectivity index (χ3v) is 3.42. The van der Waals surface area contributed by atoms with E-state index in [9.17, 15) is 4.79 Å². The summed E-state index contributed by atoms with van der Waals surface area (Å²) in [6.45, 7) is 2.12. The van der Waals surface area contributed by atoms with Crippen LogP contribution in [0.25, 0.3) is 0 Å². The molecule has 2 heterocycles. The van der Waals surface area contributed by atoms with E-state index in [1.54, 1.807) is 20.1 Å². The van der Waals surface area contributed by atoms with Crippen LogP contribution in [0.3, 0.4) is 0 Å². The smallest absolute Gasteiger partial charge is 0.232 e. The number of benzene rings is 1. The van der Waals surface area contributed by atoms with Crippen LogP contribution in [0.1, 0.15) is 11.3 Å². The van der Waals surface area contributed by atoms with Gasteiger partial charge in [0.05, 0.1) is 13.0 Å². The molecule has 0 saturated heterocycles. The molecule has 1 atom stereocenters. The molecule has 0 radical (unpaired) electrons. The van der Waals surface area contributed by atoms with Gasteiger partial charge in [-0.1, -0.05) is 5.16 Å². The Morgan fingerprint density at radius 3 is 3.00 bits per heavy atom. The van der Waals surface area contributed by atoms with Crippen molar-refractivity contribution in [3.05, 3.63) is 35.6 Å². The average molecular weight is 288 g/mol. The third-order valence-electron chi connectivity index (χ3n) is 3.42. The van der Waals surface area contributed by atoms with E-state index in [0.29, 0.717) is 24.6 Å². The van der Waals surface area contributed by atoms with Crippen LogP contribution < -0.4 is 14.8 Å². The Morgan fingerprint density at radius 2 is 2.29 bits per heavy atom. The molecule has 21 heavy (non-hydrogen) atoms. The summed E-state index contributed by atoms with van der Waals surface area (Å²) < 4.78 is 15.8. The standard InChI is InChI=1S/C15H16N2O4/c1-9-5-14(17-21-9)16-15(18)11-6-10-7-12(19-2)3-4-13(10)20-8-11/h3-5,7,11H,6,8H2,1-2H3,(H,16,17,18). The van der Waals surface area contributed by atoms with Crippen molar-refractivity contribution < 1.29 is 18.8 Å². The van der Waals surface area contributed by atoms with Gasteiger partial charge in [0.15, 0.2) is 5.82 Å². The van der Waals surface area contributed by atoms with Crippen LogP contribution in [0.2, 0.25) is 0 Å². The Kier molecular flexibility index (Phi) is 3.51. The van der Waals surface area contributed by atoms with Crippen molar-refractivity contribution >= 4 is 11.7 Å². The van der Waals surface area contributed by atoms with Gasteiger partial charge in [0, 0.05) is 6.07 Å². The number of fused-ring (bicyclic) bond motifs is 1. The first-order valence-electron chi connectivity index (χ1n) is 6.69. The molecule has 1 amide bonds. The summed E-state index contributed by atoms with van der Waals surface area (Å²) in [5, 5.41) is 6.49. The molecule has 2 aromatic rings. The predicted molar refractivity (Wildman–Crippen MR) is 75.6 cm³/mol. The van der Waals surface area contributed by atoms with Gasteiger partial charge in [0.1, 0.15) is 23.9 Å². The van der Waals surface area contributed by atoms with Crippen LogP contribution in [0.15, 0.2) is 28.8 Å². The normalized spacial score (nSPS) is 16.8. The van der Waals surface area contributed by atoms with Crippen molar-refractivity contribution in [1.29, 1.82) is 0 Å². The Labute approximate surface area is 122 Å². The van der Waals surface area contributed by atoms with E-state index in [1.165, 1.54) is 0 Å². The SMILES string of the molecule is COc1ccc2c(c1)CC(C(=O)Nc1cc(C)on1)CO2. The fourth-order valence-corrected chi connectivity index (χ4v) is 2.32. The topological polar surface area (TPSA) is 73.6 Å². The lowest BCUT2D eigenvalue weighted by molar-refractivity contribution is -0.121. The molecule has 1 unspecified atom stereocenters. The summed E-state index contributed by atoms with van der Waals surface area (Å²) in [7, 11) is 1.61. The second-order valence-electron chi connectivity index (χ2n) is 5.00. The number of carbonyl (C=O) groups excluding carboxylic acids is 1. The predicted octanol–water partition coefficient (Wildman–Crippen LogP) is 2.18. The quantitative estimate of drug-likeness (QED) is 0.937. The summed E-state index contributed by atoms with van der Waals surface area (Å²) in [5.41, 5.74) is 0.970. The van der Waals surface area contributed by atoms with Crippen LogP contribution in [-0.4, -0.2) is 24.8 Å². The van der Waals surface area contributed by atoms with E-state index in [0.717, 1.165) is 17.1 Å². The molecule has 6 heteroatoms. The largest absolute Gasteiger partial charge is 0.497 e. The van der Waals surface area contributed by atoms with Gasteiger partial charge in [-0.3, -0.25) is 4.79 Å². The minimum absolute atomic E-state index is 0.128. The zero-order valence-corrected chi connectivity index (χ0v) is 11.9. The molecule has 1 aromatic heterocycles. The Balaban J connectivity index is 1.71. The maximum absolute atomic E-state index is 12.2. The number of hydrogen-bond acceptors (Lipinski definition) is 5. The van der Waals surface area contributed by atoms with E-state index >= 15 is 0 Å². The Bertz CT molecular complexity index is 665. The zero-order chi connectivity index (χ0) is 14.8. The summed E-state index contributed by atoms with van der Waals surface area (Å²) >= 11 is 0. The number of carbonyl (C=O) groups is 1. The van der Waals surface area contributed by atoms with Crippen LogP contribution in [0.5, 0.6) is 11.5 Å². The second kappa shape index (κ2) is 5.47. The molecule has 1 N–H and O–H groups in total. The van der Waals surface area contributed by atoms with E-state index in [2.05, 4.69) is 10.5 Å². The highest BCUT2D eigenvalue weighted by Gasteiger charge is 2.27. The summed E-state index contributed by atoms with van der Waals surface area (Å²) in [6, 6.07) is 7.29. The van der Waals surface area contributed by atoms with Crippen LogP contribution in [-0.2, 0) is 11.2 Å². The molecular weight excluding hydrogens is 272 g/mol. The van der Waals surface area contributed by atoms with Crippen molar-refractivity contribution in [2.45, 2.75) is 13.3 Å². The van der Waals surface area contributed by atoms with Gasteiger partial charge < -0.3 is 19.3 Å². The molecule has 0 aliphatic carbocycles. The molecule has 3 rings (SSSR count). The zero-order valence-electron chi connectivity index (χ0n) is 11.9. The first-order valence-corrected chi connectivity index (χ1v) is 6.69. The van der Waals surface area contributed by atoms with Crippen LogP contribution >= 0.6 is 0 Å². The van der Waals surface area contributed by atoms with Gasteiger partial charge in [-0.25, -0.2) is 0 Å². The van der Waals surface area contributed by atoms with Crippen molar-refractivity contribution in [2.75, 3.05) is 19.0 Å². The molecule has 1 aliphatic heterocycles. The van der Waals surface area contributed by atoms with Crippen molar-refractivity contribution in [3.8, 4) is 11.5 Å². The molecule has 0 bridgehead atoms. The fraction of sp³-hybridized carbons (Fsp3) is 0.333. The van der Waals surface area contributed by atoms with Gasteiger partial charge in [-0.2, -0.15) is 0 Å². The fourth-order valence-electron chi connectivity index (χ4n) is 2.32. The molecule has 0 saturated carbocycles. The van der Waals surface area contributed by atoms with Crippen LogP contribution in [0, 0.1) is 12.8 Å². The van der Waals surface area contributed by atoms with Gasteiger partial charge in [-0.15, -0.1) is 0 Å². The number of amides is 1. The number of aromatic nitrogens is 1. The number of hydrogen-bond donors (Lipinski definition) is 1. The highest BCUT2D eigenvalue weighted by molar-refractivity contribution is 5.92. The molecule has 6 nitrogen and oxygen atoms in total. The minimum atomic E-state index is -0.262. The van der Waals surface area contributed by atoms with E-state index < -0.39 is 0 Å². The third kappa shape index (κ3) is 2.84. The molecule has 0 fully saturated rings. The lowest BCUT2D eigenvalue weighted by Gasteiger charge is -2.24. The lowest BCUT2D eigenvalue weighted by atomic mass is 9.96. The average Bonchev–Trinajstić information content (AvgIpc) is 2.91. The van der Waals surface area contributed by atoms with E-state index in [4.69, 9.17) is 14.0 Å². The van der Waals surface area contributed by atoms with Gasteiger partial charge in [0.25, 0.3) is 0 Å². The molecule has 110 valence electrons. The number of aryl methyl sites for hydroxylation is 1. The Hall–Kier alpha value is -2.50. The first-order chi connectivity index (χ1) is 10.2. The molecule has 0 spiro atoms. The number of nitrogens with zero attached hydrogens (tertiary/aromatic N) is 1. The highest BCUT2D eigenvalue weighted by Crippen LogP contribution is 2.31. The summed E-state index contributed by atoms with van der Waals surface area (Å²) in [4.78, 5) is 12.2. The number of nitrogens with one attached hydrogen (secondary N) is 1. The first kappa shape index (κ1) is 13.5. The van der Waals surface area contributed by atoms with Gasteiger partial charge in [0.2, 0.25) is 5.91 Å². The summed E-state index contributed by atoms with van der Waals surface area (Å²) in [6.07, 6.45) is 0.606. The number of methoxy groups -OCH3 is 1. The molecule has 1 aliphatic rings. The number of ether oxygens (including phenoxy) is 2. The maximum atomic E-state index is 12.2. The minimum Gasteiger partial charge on any atom is -0.497 e. The second-order valence-corrected chi connectivity index (χ2v) is 5.00. The molecule has 1 aromatic carbocycles. The molecular formula is C15H16N2O4. The van der Waals surface area contributed by atoms with Gasteiger partial charge in [-0.05, 0) is 37.1 Å². The monoisotopic (exact) mass is 288 g/mol. The van der Waals surface area contributed by atoms with E-state index in [1.807, 2.05) is 18.2 Å². The van der Waals surface area contributed by atoms with Crippen LogP contribution in [0.4, 0.5) is 5.82 Å². The van der Waals surface area contributed by atoms with E-state index in [-0.39, 0.29) is 11.8 Å². The van der Waals surface area contributed by atoms with Gasteiger partial charge >= 0.3 is 0 Å². The van der Waals surface area contributed by atoms with Crippen molar-refractivity contribution in [2.24, 2.45) is 5.92 Å². The number of rotatable bonds is 3. The Morgan fingerprint density at radius 1 is 1.43 bits per heavy atom. The summed E-state index contributed by atoms with van der Waals surface area (Å²) in [5.74, 6) is 2.25. The van der Waals surface area contributed by atoms with Crippen molar-refractivity contribution in [1.82, 2.24) is 5.16 Å². The maximum Gasteiger partial charge on any atom is 0.232 e. The van der Waals surface area contributed by atoms with Crippen molar-refractivity contribution in [3.63, 3.8) is 0 Å². The highest BCUT2D eigenvalue weighted by atomic mass is 16.5.